The lowest BCUT2D eigenvalue weighted by Crippen LogP contribution is -2.44. The number of likely N-dealkylation sites (N-methyl/N-ethyl adjacent to an activating group) is 1. The topological polar surface area (TPSA) is 87.7 Å². The van der Waals surface area contributed by atoms with Crippen molar-refractivity contribution in [3.63, 3.8) is 0 Å². The molecule has 0 spiro atoms. The van der Waals surface area contributed by atoms with Crippen molar-refractivity contribution in [2.75, 3.05) is 50.7 Å². The van der Waals surface area contributed by atoms with Gasteiger partial charge in [-0.15, -0.1) is 0 Å². The van der Waals surface area contributed by atoms with Crippen molar-refractivity contribution in [2.24, 2.45) is 5.10 Å². The Kier molecular flexibility index (Phi) is 5.18. The van der Waals surface area contributed by atoms with Gasteiger partial charge in [0.1, 0.15) is 17.9 Å². The van der Waals surface area contributed by atoms with E-state index in [1.807, 2.05) is 18.2 Å². The number of nitrogens with zero attached hydrogens (tertiary/aromatic N) is 5. The van der Waals surface area contributed by atoms with E-state index in [9.17, 15) is 0 Å². The first-order valence-electron chi connectivity index (χ1n) is 6.93. The average Bonchev–Trinajstić information content (AvgIpc) is 2.56. The molecule has 1 aliphatic heterocycles. The van der Waals surface area contributed by atoms with Crippen LogP contribution in [-0.2, 0) is 0 Å². The number of hydrogen-bond donors (Lipinski definition) is 1. The van der Waals surface area contributed by atoms with E-state index in [2.05, 4.69) is 27.4 Å². The summed E-state index contributed by atoms with van der Waals surface area (Å²) in [7, 11) is 3.74. The Bertz CT molecular complexity index is 618. The monoisotopic (exact) mass is 298 g/mol. The zero-order valence-electron chi connectivity index (χ0n) is 12.7. The summed E-state index contributed by atoms with van der Waals surface area (Å²) in [6, 6.07) is 9.02. The Morgan fingerprint density at radius 3 is 2.50 bits per heavy atom. The molecule has 1 heterocycles. The first kappa shape index (κ1) is 15.6. The molecule has 1 fully saturated rings. The van der Waals surface area contributed by atoms with Crippen LogP contribution in [0.1, 0.15) is 0 Å². The second-order valence-corrected chi connectivity index (χ2v) is 4.97. The fourth-order valence-electron chi connectivity index (χ4n) is 2.25. The molecule has 7 heteroatoms. The van der Waals surface area contributed by atoms with Crippen molar-refractivity contribution in [2.45, 2.75) is 0 Å². The summed E-state index contributed by atoms with van der Waals surface area (Å²) in [6.45, 7) is 3.93. The average molecular weight is 298 g/mol. The molecule has 1 aliphatic rings. The molecule has 0 saturated carbocycles. The molecule has 0 atom stereocenters. The van der Waals surface area contributed by atoms with E-state index in [1.165, 1.54) is 0 Å². The van der Waals surface area contributed by atoms with E-state index in [1.54, 1.807) is 19.2 Å². The summed E-state index contributed by atoms with van der Waals surface area (Å²) in [5, 5.41) is 21.1. The normalized spacial score (nSPS) is 14.6. The molecule has 1 aromatic carbocycles. The van der Waals surface area contributed by atoms with Gasteiger partial charge in [-0.3, -0.25) is 5.43 Å². The minimum atomic E-state index is -0.220. The number of hydrogen-bond acceptors (Lipinski definition) is 7. The molecule has 1 saturated heterocycles. The largest absolute Gasteiger partial charge is 0.495 e. The van der Waals surface area contributed by atoms with Crippen LogP contribution >= 0.6 is 0 Å². The van der Waals surface area contributed by atoms with Crippen LogP contribution in [0, 0.1) is 22.7 Å². The van der Waals surface area contributed by atoms with Crippen LogP contribution in [0.15, 0.2) is 23.3 Å². The van der Waals surface area contributed by atoms with Crippen LogP contribution in [0.5, 0.6) is 5.75 Å². The molecule has 0 aromatic heterocycles. The number of nitrogens with one attached hydrogen (secondary N) is 1. The maximum Gasteiger partial charge on any atom is 0.237 e. The highest BCUT2D eigenvalue weighted by atomic mass is 16.5. The molecule has 114 valence electrons. The van der Waals surface area contributed by atoms with E-state index < -0.39 is 0 Å². The van der Waals surface area contributed by atoms with Crippen LogP contribution in [-0.4, -0.2) is 50.9 Å². The summed E-state index contributed by atoms with van der Waals surface area (Å²) in [4.78, 5) is 4.57. The summed E-state index contributed by atoms with van der Waals surface area (Å²) in [5.74, 6) is 0.736. The number of ether oxygens (including phenoxy) is 1. The van der Waals surface area contributed by atoms with Gasteiger partial charge in [-0.25, -0.2) is 0 Å². The highest BCUT2D eigenvalue weighted by molar-refractivity contribution is 6.10. The highest BCUT2D eigenvalue weighted by Gasteiger charge is 2.17. The number of methoxy groups -OCH3 is 1. The molecule has 7 nitrogen and oxygen atoms in total. The lowest BCUT2D eigenvalue weighted by Gasteiger charge is -2.34. The van der Waals surface area contributed by atoms with E-state index in [0.29, 0.717) is 5.69 Å². The highest BCUT2D eigenvalue weighted by Crippen LogP contribution is 2.31. The first-order chi connectivity index (χ1) is 10.7. The second kappa shape index (κ2) is 7.30. The number of benzene rings is 1. The molecule has 22 heavy (non-hydrogen) atoms. The van der Waals surface area contributed by atoms with Crippen LogP contribution in [0.25, 0.3) is 0 Å². The van der Waals surface area contributed by atoms with Crippen LogP contribution < -0.4 is 15.1 Å². The number of hydrazone groups is 1. The molecule has 1 aromatic rings. The fraction of sp³-hybridized carbons (Fsp3) is 0.400. The summed E-state index contributed by atoms with van der Waals surface area (Å²) < 4.78 is 5.45. The maximum absolute atomic E-state index is 8.66. The van der Waals surface area contributed by atoms with Gasteiger partial charge in [-0.05, 0) is 19.2 Å². The quantitative estimate of drug-likeness (QED) is 0.665. The second-order valence-electron chi connectivity index (χ2n) is 4.97. The van der Waals surface area contributed by atoms with Crippen molar-refractivity contribution >= 4 is 17.1 Å². The van der Waals surface area contributed by atoms with Gasteiger partial charge in [0.15, 0.2) is 0 Å². The number of nitriles is 2. The van der Waals surface area contributed by atoms with E-state index >= 15 is 0 Å². The standard InChI is InChI=1S/C15H18N6O/c1-20-5-7-21(8-6-20)14-4-3-12(9-15(14)22-2)18-19-13(10-16)11-17/h3-4,9,18H,5-8H2,1-2H3. The zero-order chi connectivity index (χ0) is 15.9. The number of piperazine rings is 1. The van der Waals surface area contributed by atoms with E-state index in [0.717, 1.165) is 37.6 Å². The predicted octanol–water partition coefficient (Wildman–Crippen LogP) is 1.26. The van der Waals surface area contributed by atoms with Crippen molar-refractivity contribution in [1.82, 2.24) is 4.90 Å². The molecular weight excluding hydrogens is 280 g/mol. The zero-order valence-corrected chi connectivity index (χ0v) is 12.7. The van der Waals surface area contributed by atoms with Gasteiger partial charge in [-0.2, -0.15) is 15.6 Å². The molecule has 0 unspecified atom stereocenters. The Morgan fingerprint density at radius 2 is 1.91 bits per heavy atom. The predicted molar refractivity (Wildman–Crippen MR) is 85.0 cm³/mol. The molecule has 2 rings (SSSR count). The minimum Gasteiger partial charge on any atom is -0.495 e. The fourth-order valence-corrected chi connectivity index (χ4v) is 2.25. The van der Waals surface area contributed by atoms with Gasteiger partial charge in [0.25, 0.3) is 0 Å². The lowest BCUT2D eigenvalue weighted by atomic mass is 10.2. The van der Waals surface area contributed by atoms with Gasteiger partial charge < -0.3 is 14.5 Å². The minimum absolute atomic E-state index is 0.220. The van der Waals surface area contributed by atoms with Crippen LogP contribution in [0.2, 0.25) is 0 Å². The number of anilines is 2. The first-order valence-corrected chi connectivity index (χ1v) is 6.93. The Balaban J connectivity index is 2.16. The van der Waals surface area contributed by atoms with E-state index in [4.69, 9.17) is 15.3 Å². The van der Waals surface area contributed by atoms with Crippen LogP contribution in [0.3, 0.4) is 0 Å². The smallest absolute Gasteiger partial charge is 0.237 e. The van der Waals surface area contributed by atoms with Crippen molar-refractivity contribution < 1.29 is 4.74 Å². The van der Waals surface area contributed by atoms with Gasteiger partial charge in [0.2, 0.25) is 5.71 Å². The molecule has 0 bridgehead atoms. The summed E-state index contributed by atoms with van der Waals surface area (Å²) in [5.41, 5.74) is 4.17. The Labute approximate surface area is 130 Å². The Morgan fingerprint density at radius 1 is 1.23 bits per heavy atom. The third kappa shape index (κ3) is 3.66. The SMILES string of the molecule is COc1cc(NN=C(C#N)C#N)ccc1N1CCN(C)CC1. The summed E-state index contributed by atoms with van der Waals surface area (Å²) >= 11 is 0. The Hall–Kier alpha value is -2.77. The lowest BCUT2D eigenvalue weighted by molar-refractivity contribution is 0.311. The van der Waals surface area contributed by atoms with Gasteiger partial charge in [0.05, 0.1) is 18.5 Å². The molecule has 0 radical (unpaired) electrons. The van der Waals surface area contributed by atoms with Gasteiger partial charge in [0, 0.05) is 32.2 Å². The molecule has 0 amide bonds. The van der Waals surface area contributed by atoms with E-state index in [-0.39, 0.29) is 5.71 Å². The van der Waals surface area contributed by atoms with Crippen molar-refractivity contribution in [3.05, 3.63) is 18.2 Å². The maximum atomic E-state index is 8.66. The molecule has 0 aliphatic carbocycles. The third-order valence-corrected chi connectivity index (χ3v) is 3.53. The summed E-state index contributed by atoms with van der Waals surface area (Å²) in [6.07, 6.45) is 0. The molecular formula is C15H18N6O. The number of rotatable bonds is 4. The van der Waals surface area contributed by atoms with Gasteiger partial charge >= 0.3 is 0 Å². The van der Waals surface area contributed by atoms with Crippen molar-refractivity contribution in [3.8, 4) is 17.9 Å². The molecule has 1 N–H and O–H groups in total. The van der Waals surface area contributed by atoms with Crippen molar-refractivity contribution in [1.29, 1.82) is 10.5 Å². The van der Waals surface area contributed by atoms with Gasteiger partial charge in [-0.1, -0.05) is 0 Å². The third-order valence-electron chi connectivity index (χ3n) is 3.53. The van der Waals surface area contributed by atoms with Crippen LogP contribution in [0.4, 0.5) is 11.4 Å².